The van der Waals surface area contributed by atoms with Gasteiger partial charge in [-0.2, -0.15) is 0 Å². The van der Waals surface area contributed by atoms with E-state index in [0.717, 1.165) is 37.6 Å². The van der Waals surface area contributed by atoms with Crippen molar-refractivity contribution in [2.24, 2.45) is 5.92 Å². The van der Waals surface area contributed by atoms with E-state index in [-0.39, 0.29) is 0 Å². The minimum atomic E-state index is 0.450. The van der Waals surface area contributed by atoms with E-state index in [1.54, 1.807) is 0 Å². The summed E-state index contributed by atoms with van der Waals surface area (Å²) in [6.45, 7) is 4.33. The topological polar surface area (TPSA) is 53.1 Å². The van der Waals surface area contributed by atoms with Gasteiger partial charge in [0.05, 0.1) is 0 Å². The Hall–Kier alpha value is -1.85. The molecule has 1 aliphatic rings. The Balaban J connectivity index is 1.46. The highest BCUT2D eigenvalue weighted by Crippen LogP contribution is 2.26. The van der Waals surface area contributed by atoms with Crippen LogP contribution in [-0.2, 0) is 6.42 Å². The number of anilines is 2. The summed E-state index contributed by atoms with van der Waals surface area (Å²) < 4.78 is 0. The first kappa shape index (κ1) is 17.0. The van der Waals surface area contributed by atoms with Crippen molar-refractivity contribution < 1.29 is 0 Å². The SMILES string of the molecule is CNc1c(Cl)ncnc1NCC1CCN(CCc2ccccc2)C1. The van der Waals surface area contributed by atoms with Crippen LogP contribution in [0.5, 0.6) is 0 Å². The van der Waals surface area contributed by atoms with Crippen molar-refractivity contribution >= 4 is 23.1 Å². The fourth-order valence-corrected chi connectivity index (χ4v) is 3.40. The second kappa shape index (κ2) is 8.31. The number of benzene rings is 1. The third-order valence-corrected chi connectivity index (χ3v) is 4.83. The third kappa shape index (κ3) is 4.36. The molecule has 2 heterocycles. The smallest absolute Gasteiger partial charge is 0.157 e. The molecule has 1 atom stereocenters. The predicted molar refractivity (Wildman–Crippen MR) is 99.8 cm³/mol. The van der Waals surface area contributed by atoms with E-state index >= 15 is 0 Å². The molecule has 0 saturated carbocycles. The van der Waals surface area contributed by atoms with E-state index in [2.05, 4.69) is 55.8 Å². The monoisotopic (exact) mass is 345 g/mol. The maximum absolute atomic E-state index is 6.09. The van der Waals surface area contributed by atoms with Gasteiger partial charge in [-0.3, -0.25) is 0 Å². The molecule has 1 aromatic carbocycles. The molecule has 1 aliphatic heterocycles. The minimum Gasteiger partial charge on any atom is -0.383 e. The van der Waals surface area contributed by atoms with Crippen LogP contribution in [0.25, 0.3) is 0 Å². The molecule has 0 spiro atoms. The zero-order valence-electron chi connectivity index (χ0n) is 14.0. The zero-order valence-corrected chi connectivity index (χ0v) is 14.8. The van der Waals surface area contributed by atoms with Crippen LogP contribution in [0.2, 0.25) is 5.15 Å². The summed E-state index contributed by atoms with van der Waals surface area (Å²) in [4.78, 5) is 10.8. The summed E-state index contributed by atoms with van der Waals surface area (Å²) in [5, 5.41) is 6.92. The molecule has 1 saturated heterocycles. The molecule has 1 unspecified atom stereocenters. The van der Waals surface area contributed by atoms with Crippen LogP contribution in [0.4, 0.5) is 11.5 Å². The molecule has 5 nitrogen and oxygen atoms in total. The number of halogens is 1. The molecule has 2 aromatic rings. The van der Waals surface area contributed by atoms with Crippen LogP contribution in [0.1, 0.15) is 12.0 Å². The Labute approximate surface area is 148 Å². The van der Waals surface area contributed by atoms with Gasteiger partial charge in [-0.25, -0.2) is 9.97 Å². The number of likely N-dealkylation sites (tertiary alicyclic amines) is 1. The van der Waals surface area contributed by atoms with Gasteiger partial charge >= 0.3 is 0 Å². The minimum absolute atomic E-state index is 0.450. The average molecular weight is 346 g/mol. The standard InChI is InChI=1S/C18H24ClN5/c1-20-16-17(19)22-13-23-18(16)21-11-15-8-10-24(12-15)9-7-14-5-3-2-4-6-14/h2-6,13,15,20H,7-12H2,1H3,(H,21,22,23). The van der Waals surface area contributed by atoms with Crippen LogP contribution in [-0.4, -0.2) is 48.1 Å². The first-order chi connectivity index (χ1) is 11.8. The maximum Gasteiger partial charge on any atom is 0.157 e. The Morgan fingerprint density at radius 1 is 1.25 bits per heavy atom. The second-order valence-corrected chi connectivity index (χ2v) is 6.57. The maximum atomic E-state index is 6.09. The molecule has 0 amide bonds. The van der Waals surface area contributed by atoms with E-state index in [1.165, 1.54) is 24.9 Å². The van der Waals surface area contributed by atoms with Crippen LogP contribution in [0, 0.1) is 5.92 Å². The fourth-order valence-electron chi connectivity index (χ4n) is 3.18. The zero-order chi connectivity index (χ0) is 16.8. The van der Waals surface area contributed by atoms with Gasteiger partial charge in [0, 0.05) is 26.7 Å². The highest BCUT2D eigenvalue weighted by atomic mass is 35.5. The summed E-state index contributed by atoms with van der Waals surface area (Å²) in [7, 11) is 1.83. The largest absolute Gasteiger partial charge is 0.383 e. The van der Waals surface area contributed by atoms with Gasteiger partial charge in [0.2, 0.25) is 0 Å². The number of hydrogen-bond acceptors (Lipinski definition) is 5. The lowest BCUT2D eigenvalue weighted by atomic mass is 10.1. The average Bonchev–Trinajstić information content (AvgIpc) is 3.07. The second-order valence-electron chi connectivity index (χ2n) is 6.21. The van der Waals surface area contributed by atoms with Gasteiger partial charge in [-0.1, -0.05) is 41.9 Å². The molecule has 6 heteroatoms. The quantitative estimate of drug-likeness (QED) is 0.755. The molecular formula is C18H24ClN5. The summed E-state index contributed by atoms with van der Waals surface area (Å²) in [5.74, 6) is 1.42. The summed E-state index contributed by atoms with van der Waals surface area (Å²) in [6.07, 6.45) is 3.83. The van der Waals surface area contributed by atoms with Crippen molar-refractivity contribution in [1.29, 1.82) is 0 Å². The van der Waals surface area contributed by atoms with Crippen molar-refractivity contribution in [1.82, 2.24) is 14.9 Å². The van der Waals surface area contributed by atoms with Crippen molar-refractivity contribution in [2.75, 3.05) is 43.9 Å². The number of aromatic nitrogens is 2. The van der Waals surface area contributed by atoms with E-state index in [4.69, 9.17) is 11.6 Å². The molecule has 1 aromatic heterocycles. The Bertz CT molecular complexity index is 649. The van der Waals surface area contributed by atoms with Gasteiger partial charge in [-0.05, 0) is 30.9 Å². The van der Waals surface area contributed by atoms with Crippen molar-refractivity contribution in [2.45, 2.75) is 12.8 Å². The van der Waals surface area contributed by atoms with Crippen molar-refractivity contribution in [3.8, 4) is 0 Å². The van der Waals surface area contributed by atoms with Crippen LogP contribution < -0.4 is 10.6 Å². The van der Waals surface area contributed by atoms with Crippen molar-refractivity contribution in [3.63, 3.8) is 0 Å². The molecule has 0 aliphatic carbocycles. The molecule has 0 bridgehead atoms. The molecule has 1 fully saturated rings. The lowest BCUT2D eigenvalue weighted by molar-refractivity contribution is 0.330. The summed E-state index contributed by atoms with van der Waals surface area (Å²) in [5.41, 5.74) is 2.17. The van der Waals surface area contributed by atoms with Gasteiger partial charge in [0.25, 0.3) is 0 Å². The predicted octanol–water partition coefficient (Wildman–Crippen LogP) is 3.15. The molecule has 0 radical (unpaired) electrons. The van der Waals surface area contributed by atoms with Crippen LogP contribution >= 0.6 is 11.6 Å². The fraction of sp³-hybridized carbons (Fsp3) is 0.444. The highest BCUT2D eigenvalue weighted by Gasteiger charge is 2.22. The van der Waals surface area contributed by atoms with E-state index in [9.17, 15) is 0 Å². The first-order valence-electron chi connectivity index (χ1n) is 8.44. The normalized spacial score (nSPS) is 17.8. The molecule has 3 rings (SSSR count). The van der Waals surface area contributed by atoms with E-state index in [1.807, 2.05) is 7.05 Å². The van der Waals surface area contributed by atoms with Gasteiger partial charge in [0.1, 0.15) is 12.0 Å². The van der Waals surface area contributed by atoms with Crippen molar-refractivity contribution in [3.05, 3.63) is 47.4 Å². The Kier molecular flexibility index (Phi) is 5.88. The van der Waals surface area contributed by atoms with E-state index < -0.39 is 0 Å². The van der Waals surface area contributed by atoms with E-state index in [0.29, 0.717) is 11.1 Å². The number of rotatable bonds is 7. The molecular weight excluding hydrogens is 322 g/mol. The Morgan fingerprint density at radius 3 is 2.88 bits per heavy atom. The van der Waals surface area contributed by atoms with Crippen LogP contribution in [0.15, 0.2) is 36.7 Å². The van der Waals surface area contributed by atoms with Gasteiger partial charge < -0.3 is 15.5 Å². The van der Waals surface area contributed by atoms with Gasteiger partial charge in [-0.15, -0.1) is 0 Å². The summed E-state index contributed by atoms with van der Waals surface area (Å²) >= 11 is 6.09. The Morgan fingerprint density at radius 2 is 2.08 bits per heavy atom. The first-order valence-corrected chi connectivity index (χ1v) is 8.82. The van der Waals surface area contributed by atoms with Crippen LogP contribution in [0.3, 0.4) is 0 Å². The number of hydrogen-bond donors (Lipinski definition) is 2. The van der Waals surface area contributed by atoms with Gasteiger partial charge in [0.15, 0.2) is 11.0 Å². The molecule has 2 N–H and O–H groups in total. The third-order valence-electron chi connectivity index (χ3n) is 4.54. The lowest BCUT2D eigenvalue weighted by Gasteiger charge is -2.17. The molecule has 24 heavy (non-hydrogen) atoms. The molecule has 128 valence electrons. The number of nitrogens with zero attached hydrogens (tertiary/aromatic N) is 3. The number of nitrogens with one attached hydrogen (secondary N) is 2. The summed E-state index contributed by atoms with van der Waals surface area (Å²) in [6, 6.07) is 10.7. The lowest BCUT2D eigenvalue weighted by Crippen LogP contribution is -2.25. The highest BCUT2D eigenvalue weighted by molar-refractivity contribution is 6.32.